The number of hydrogen-bond donors (Lipinski definition) is 1. The zero-order valence-corrected chi connectivity index (χ0v) is 15.0. The van der Waals surface area contributed by atoms with Crippen LogP contribution in [-0.4, -0.2) is 32.8 Å². The molecule has 0 unspecified atom stereocenters. The van der Waals surface area contributed by atoms with Crippen molar-refractivity contribution in [3.63, 3.8) is 0 Å². The minimum Gasteiger partial charge on any atom is -0.493 e. The Morgan fingerprint density at radius 3 is 2.64 bits per heavy atom. The van der Waals surface area contributed by atoms with Crippen LogP contribution in [0.15, 0.2) is 65.6 Å². The fraction of sp³-hybridized carbons (Fsp3) is 0.100. The van der Waals surface area contributed by atoms with E-state index >= 15 is 0 Å². The van der Waals surface area contributed by atoms with Crippen molar-refractivity contribution in [2.45, 2.75) is 6.61 Å². The largest absolute Gasteiger partial charge is 0.493 e. The Balaban J connectivity index is 1.56. The molecule has 0 radical (unpaired) electrons. The van der Waals surface area contributed by atoms with Crippen LogP contribution in [0.2, 0.25) is 0 Å². The first-order chi connectivity index (χ1) is 13.7. The van der Waals surface area contributed by atoms with Crippen LogP contribution >= 0.6 is 0 Å². The topological polar surface area (TPSA) is 99.1 Å². The van der Waals surface area contributed by atoms with Crippen molar-refractivity contribution in [2.24, 2.45) is 0 Å². The van der Waals surface area contributed by atoms with E-state index in [1.807, 2.05) is 30.3 Å². The van der Waals surface area contributed by atoms with Crippen LogP contribution in [0.25, 0.3) is 16.6 Å². The minimum atomic E-state index is -0.678. The van der Waals surface area contributed by atoms with Gasteiger partial charge in [-0.05, 0) is 24.3 Å². The molecule has 2 heterocycles. The molecule has 0 bridgehead atoms. The third-order valence-electron chi connectivity index (χ3n) is 4.12. The number of methoxy groups -OCH3 is 1. The monoisotopic (exact) mass is 376 g/mol. The molecule has 8 heteroatoms. The molecular formula is C20H16N4O4. The van der Waals surface area contributed by atoms with Crippen LogP contribution in [0.1, 0.15) is 16.3 Å². The number of carbonyl (C=O) groups is 1. The molecule has 0 aliphatic rings. The van der Waals surface area contributed by atoms with Crippen LogP contribution in [0.3, 0.4) is 0 Å². The number of nitrogens with zero attached hydrogens (tertiary/aromatic N) is 3. The normalized spacial score (nSPS) is 10.8. The number of ether oxygens (including phenoxy) is 2. The molecule has 0 amide bonds. The zero-order chi connectivity index (χ0) is 19.5. The lowest BCUT2D eigenvalue weighted by Gasteiger charge is -2.05. The number of rotatable bonds is 5. The van der Waals surface area contributed by atoms with Gasteiger partial charge in [0, 0.05) is 0 Å². The summed E-state index contributed by atoms with van der Waals surface area (Å²) in [6.07, 6.45) is 1.60. The second kappa shape index (κ2) is 7.36. The molecule has 0 spiro atoms. The van der Waals surface area contributed by atoms with E-state index in [2.05, 4.69) is 15.1 Å². The van der Waals surface area contributed by atoms with Gasteiger partial charge in [-0.1, -0.05) is 30.3 Å². The van der Waals surface area contributed by atoms with E-state index in [-0.39, 0.29) is 29.4 Å². The molecule has 4 rings (SSSR count). The van der Waals surface area contributed by atoms with E-state index < -0.39 is 5.97 Å². The van der Waals surface area contributed by atoms with Crippen molar-refractivity contribution in [3.8, 4) is 11.4 Å². The van der Waals surface area contributed by atoms with Crippen molar-refractivity contribution in [2.75, 3.05) is 7.11 Å². The lowest BCUT2D eigenvalue weighted by atomic mass is 10.2. The van der Waals surface area contributed by atoms with Crippen LogP contribution in [0, 0.1) is 0 Å². The summed E-state index contributed by atoms with van der Waals surface area (Å²) in [4.78, 5) is 31.5. The molecule has 0 aliphatic heterocycles. The summed E-state index contributed by atoms with van der Waals surface area (Å²) < 4.78 is 12.1. The highest BCUT2D eigenvalue weighted by Crippen LogP contribution is 2.20. The fourth-order valence-electron chi connectivity index (χ4n) is 2.77. The molecule has 1 N–H and O–H groups in total. The van der Waals surface area contributed by atoms with Crippen molar-refractivity contribution in [3.05, 3.63) is 82.7 Å². The number of fused-ring (bicyclic) bond motifs is 1. The lowest BCUT2D eigenvalue weighted by Crippen LogP contribution is -2.15. The summed E-state index contributed by atoms with van der Waals surface area (Å²) in [5.74, 6) is -0.144. The van der Waals surface area contributed by atoms with Crippen LogP contribution in [0.4, 0.5) is 0 Å². The molecule has 8 nitrogen and oxygen atoms in total. The Bertz CT molecular complexity index is 1200. The molecule has 2 aromatic heterocycles. The number of aromatic amines is 1. The highest BCUT2D eigenvalue weighted by atomic mass is 16.5. The van der Waals surface area contributed by atoms with Gasteiger partial charge in [-0.25, -0.2) is 14.5 Å². The fourth-order valence-corrected chi connectivity index (χ4v) is 2.77. The molecule has 4 aromatic rings. The third-order valence-corrected chi connectivity index (χ3v) is 4.12. The Morgan fingerprint density at radius 2 is 1.86 bits per heavy atom. The average molecular weight is 376 g/mol. The standard InChI is InChI=1S/C20H16N4O4/c1-27-16-11-24(13-7-3-2-4-8-13)23-18(16)20(26)28-12-17-21-15-10-6-5-9-14(15)19(25)22-17/h2-11H,12H2,1H3,(H,21,22,25). The third kappa shape index (κ3) is 3.35. The first-order valence-electron chi connectivity index (χ1n) is 8.50. The first-order valence-corrected chi connectivity index (χ1v) is 8.50. The summed E-state index contributed by atoms with van der Waals surface area (Å²) in [7, 11) is 1.45. The van der Waals surface area contributed by atoms with Gasteiger partial charge in [0.15, 0.2) is 5.75 Å². The maximum atomic E-state index is 12.5. The summed E-state index contributed by atoms with van der Waals surface area (Å²) in [5.41, 5.74) is 1.06. The lowest BCUT2D eigenvalue weighted by molar-refractivity contribution is 0.0451. The quantitative estimate of drug-likeness (QED) is 0.537. The maximum absolute atomic E-state index is 12.5. The zero-order valence-electron chi connectivity index (χ0n) is 15.0. The number of carbonyl (C=O) groups excluding carboxylic acids is 1. The number of nitrogens with one attached hydrogen (secondary N) is 1. The van der Waals surface area contributed by atoms with Crippen LogP contribution in [0.5, 0.6) is 5.75 Å². The van der Waals surface area contributed by atoms with Gasteiger partial charge in [0.25, 0.3) is 5.56 Å². The SMILES string of the molecule is COc1cn(-c2ccccc2)nc1C(=O)OCc1nc2ccccc2c(=O)[nH]1. The van der Waals surface area contributed by atoms with Gasteiger partial charge in [0.05, 0.1) is 29.9 Å². The summed E-state index contributed by atoms with van der Waals surface area (Å²) in [5, 5.41) is 4.73. The van der Waals surface area contributed by atoms with E-state index in [0.29, 0.717) is 10.9 Å². The van der Waals surface area contributed by atoms with E-state index in [1.54, 1.807) is 30.5 Å². The number of hydrogen-bond acceptors (Lipinski definition) is 6. The van der Waals surface area contributed by atoms with Crippen molar-refractivity contribution in [1.82, 2.24) is 19.7 Å². The van der Waals surface area contributed by atoms with E-state index in [1.165, 1.54) is 11.8 Å². The van der Waals surface area contributed by atoms with Gasteiger partial charge >= 0.3 is 5.97 Å². The van der Waals surface area contributed by atoms with Crippen molar-refractivity contribution in [1.29, 1.82) is 0 Å². The molecule has 0 saturated heterocycles. The maximum Gasteiger partial charge on any atom is 0.363 e. The highest BCUT2D eigenvalue weighted by Gasteiger charge is 2.20. The number of benzene rings is 2. The Labute approximate surface area is 159 Å². The number of aromatic nitrogens is 4. The smallest absolute Gasteiger partial charge is 0.363 e. The summed E-state index contributed by atoms with van der Waals surface area (Å²) >= 11 is 0. The van der Waals surface area contributed by atoms with Crippen molar-refractivity contribution >= 4 is 16.9 Å². The summed E-state index contributed by atoms with van der Waals surface area (Å²) in [6, 6.07) is 16.3. The van der Waals surface area contributed by atoms with Crippen LogP contribution in [-0.2, 0) is 11.3 Å². The molecule has 0 atom stereocenters. The predicted octanol–water partition coefficient (Wildman–Crippen LogP) is 2.47. The van der Waals surface area contributed by atoms with Gasteiger partial charge in [-0.15, -0.1) is 0 Å². The Morgan fingerprint density at radius 1 is 1.11 bits per heavy atom. The Hall–Kier alpha value is -3.94. The second-order valence-corrected chi connectivity index (χ2v) is 5.93. The van der Waals surface area contributed by atoms with Gasteiger partial charge in [0.2, 0.25) is 5.69 Å². The number of esters is 1. The highest BCUT2D eigenvalue weighted by molar-refractivity contribution is 5.90. The van der Waals surface area contributed by atoms with E-state index in [0.717, 1.165) is 5.69 Å². The van der Waals surface area contributed by atoms with Crippen LogP contribution < -0.4 is 10.3 Å². The Kier molecular flexibility index (Phi) is 4.59. The molecule has 0 saturated carbocycles. The predicted molar refractivity (Wildman–Crippen MR) is 102 cm³/mol. The first kappa shape index (κ1) is 17.5. The van der Waals surface area contributed by atoms with E-state index in [4.69, 9.17) is 9.47 Å². The molecular weight excluding hydrogens is 360 g/mol. The average Bonchev–Trinajstić information content (AvgIpc) is 3.17. The second-order valence-electron chi connectivity index (χ2n) is 5.93. The molecule has 0 fully saturated rings. The number of para-hydroxylation sites is 2. The minimum absolute atomic E-state index is 0.0366. The van der Waals surface area contributed by atoms with E-state index in [9.17, 15) is 9.59 Å². The summed E-state index contributed by atoms with van der Waals surface area (Å²) in [6.45, 7) is -0.194. The van der Waals surface area contributed by atoms with Crippen molar-refractivity contribution < 1.29 is 14.3 Å². The van der Waals surface area contributed by atoms with Gasteiger partial charge < -0.3 is 14.5 Å². The van der Waals surface area contributed by atoms with Gasteiger partial charge in [0.1, 0.15) is 12.4 Å². The van der Waals surface area contributed by atoms with Gasteiger partial charge in [-0.3, -0.25) is 4.79 Å². The molecule has 140 valence electrons. The molecule has 28 heavy (non-hydrogen) atoms. The van der Waals surface area contributed by atoms with Gasteiger partial charge in [-0.2, -0.15) is 5.10 Å². The molecule has 0 aliphatic carbocycles. The number of H-pyrrole nitrogens is 1. The molecule has 2 aromatic carbocycles.